The van der Waals surface area contributed by atoms with Crippen LogP contribution in [-0.2, 0) is 16.3 Å². The van der Waals surface area contributed by atoms with Crippen LogP contribution in [-0.4, -0.2) is 26.0 Å². The van der Waals surface area contributed by atoms with Crippen molar-refractivity contribution < 1.29 is 8.42 Å². The Hall–Kier alpha value is -0.870. The molecule has 1 saturated heterocycles. The zero-order valence-corrected chi connectivity index (χ0v) is 13.4. The minimum absolute atomic E-state index is 0.0631. The summed E-state index contributed by atoms with van der Waals surface area (Å²) in [5, 5.41) is 3.46. The minimum Gasteiger partial charge on any atom is -0.305 e. The van der Waals surface area contributed by atoms with Gasteiger partial charge < -0.3 is 5.32 Å². The fraction of sp³-hybridized carbons (Fsp3) is 0.625. The zero-order chi connectivity index (χ0) is 14.8. The monoisotopic (exact) mass is 295 g/mol. The van der Waals surface area contributed by atoms with Gasteiger partial charge in [0, 0.05) is 12.1 Å². The molecule has 0 saturated carbocycles. The van der Waals surface area contributed by atoms with Crippen LogP contribution in [0.3, 0.4) is 0 Å². The van der Waals surface area contributed by atoms with Gasteiger partial charge in [-0.3, -0.25) is 0 Å². The third-order valence-corrected chi connectivity index (χ3v) is 5.58. The van der Waals surface area contributed by atoms with Crippen LogP contribution in [0.4, 0.5) is 0 Å². The van der Waals surface area contributed by atoms with Gasteiger partial charge >= 0.3 is 0 Å². The lowest BCUT2D eigenvalue weighted by Gasteiger charge is -2.30. The fourth-order valence-electron chi connectivity index (χ4n) is 2.79. The highest BCUT2D eigenvalue weighted by Gasteiger charge is 2.30. The Kier molecular flexibility index (Phi) is 4.86. The molecule has 0 radical (unpaired) electrons. The summed E-state index contributed by atoms with van der Waals surface area (Å²) < 4.78 is 24.0. The average molecular weight is 295 g/mol. The van der Waals surface area contributed by atoms with Crippen molar-refractivity contribution in [2.24, 2.45) is 5.92 Å². The van der Waals surface area contributed by atoms with E-state index in [9.17, 15) is 8.42 Å². The van der Waals surface area contributed by atoms with Crippen molar-refractivity contribution in [3.05, 3.63) is 35.4 Å². The van der Waals surface area contributed by atoms with E-state index in [1.54, 1.807) is 0 Å². The van der Waals surface area contributed by atoms with Crippen LogP contribution in [0, 0.1) is 5.92 Å². The first-order valence-electron chi connectivity index (χ1n) is 7.45. The second-order valence-electron chi connectivity index (χ2n) is 6.24. The first-order chi connectivity index (χ1) is 9.39. The Morgan fingerprint density at radius 1 is 1.20 bits per heavy atom. The molecule has 1 fully saturated rings. The van der Waals surface area contributed by atoms with Crippen LogP contribution in [0.2, 0.25) is 0 Å². The van der Waals surface area contributed by atoms with Gasteiger partial charge in [-0.05, 0) is 29.9 Å². The van der Waals surface area contributed by atoms with Crippen molar-refractivity contribution >= 4 is 9.84 Å². The van der Waals surface area contributed by atoms with Gasteiger partial charge in [-0.1, -0.05) is 45.0 Å². The molecule has 1 N–H and O–H groups in total. The molecule has 2 rings (SSSR count). The molecule has 4 heteroatoms. The predicted octanol–water partition coefficient (Wildman–Crippen LogP) is 2.72. The number of hydrogen-bond donors (Lipinski definition) is 1. The summed E-state index contributed by atoms with van der Waals surface area (Å²) >= 11 is 0. The standard InChI is InChI=1S/C16H25NO2S/c1-4-15-10-20(18,19)11-16(17-15)14-7-5-13(6-8-14)9-12(2)3/h5-8,12,15-17H,4,9-11H2,1-3H3. The van der Waals surface area contributed by atoms with Gasteiger partial charge in [-0.25, -0.2) is 8.42 Å². The lowest BCUT2D eigenvalue weighted by molar-refractivity contribution is 0.440. The molecule has 0 aliphatic carbocycles. The van der Waals surface area contributed by atoms with E-state index in [1.807, 2.05) is 6.92 Å². The van der Waals surface area contributed by atoms with E-state index in [4.69, 9.17) is 0 Å². The van der Waals surface area contributed by atoms with Gasteiger partial charge in [0.2, 0.25) is 0 Å². The second-order valence-corrected chi connectivity index (χ2v) is 8.39. The molecule has 2 atom stereocenters. The average Bonchev–Trinajstić information content (AvgIpc) is 2.37. The maximum atomic E-state index is 12.0. The van der Waals surface area contributed by atoms with Crippen LogP contribution >= 0.6 is 0 Å². The fourth-order valence-corrected chi connectivity index (χ4v) is 4.67. The lowest BCUT2D eigenvalue weighted by atomic mass is 9.99. The molecule has 0 aromatic heterocycles. The summed E-state index contributed by atoms with van der Waals surface area (Å²) in [5.74, 6) is 1.12. The van der Waals surface area contributed by atoms with Crippen molar-refractivity contribution in [3.8, 4) is 0 Å². The molecular weight excluding hydrogens is 270 g/mol. The van der Waals surface area contributed by atoms with Gasteiger partial charge in [0.15, 0.2) is 9.84 Å². The summed E-state index contributed by atoms with van der Waals surface area (Å²) in [6, 6.07) is 8.41. The predicted molar refractivity (Wildman–Crippen MR) is 83.6 cm³/mol. The summed E-state index contributed by atoms with van der Waals surface area (Å²) in [6.07, 6.45) is 1.91. The molecule has 1 aromatic rings. The molecule has 0 spiro atoms. The number of rotatable bonds is 4. The first kappa shape index (κ1) is 15.5. The van der Waals surface area contributed by atoms with Crippen molar-refractivity contribution in [1.82, 2.24) is 5.32 Å². The zero-order valence-electron chi connectivity index (χ0n) is 12.6. The van der Waals surface area contributed by atoms with E-state index in [0.29, 0.717) is 5.92 Å². The van der Waals surface area contributed by atoms with Crippen LogP contribution < -0.4 is 5.32 Å². The molecule has 112 valence electrons. The minimum atomic E-state index is -2.93. The van der Waals surface area contributed by atoms with Crippen LogP contribution in [0.15, 0.2) is 24.3 Å². The number of benzene rings is 1. The second kappa shape index (κ2) is 6.27. The van der Waals surface area contributed by atoms with Gasteiger partial charge in [0.05, 0.1) is 11.5 Å². The summed E-state index contributed by atoms with van der Waals surface area (Å²) in [7, 11) is -2.93. The van der Waals surface area contributed by atoms with Gasteiger partial charge in [-0.2, -0.15) is 0 Å². The Labute approximate surface area is 122 Å². The highest BCUT2D eigenvalue weighted by molar-refractivity contribution is 7.91. The molecule has 20 heavy (non-hydrogen) atoms. The SMILES string of the molecule is CCC1CS(=O)(=O)CC(c2ccc(CC(C)C)cc2)N1. The quantitative estimate of drug-likeness (QED) is 0.929. The molecule has 1 aliphatic heterocycles. The van der Waals surface area contributed by atoms with E-state index >= 15 is 0 Å². The third kappa shape index (κ3) is 4.06. The van der Waals surface area contributed by atoms with E-state index in [0.717, 1.165) is 18.4 Å². The van der Waals surface area contributed by atoms with E-state index in [1.165, 1.54) is 5.56 Å². The Morgan fingerprint density at radius 2 is 1.85 bits per heavy atom. The highest BCUT2D eigenvalue weighted by Crippen LogP contribution is 2.23. The molecule has 1 aliphatic rings. The number of nitrogens with one attached hydrogen (secondary N) is 1. The summed E-state index contributed by atoms with van der Waals surface area (Å²) in [6.45, 7) is 6.44. The molecule has 3 nitrogen and oxygen atoms in total. The van der Waals surface area contributed by atoms with Crippen LogP contribution in [0.1, 0.15) is 44.4 Å². The molecule has 0 amide bonds. The normalized spacial score (nSPS) is 25.8. The van der Waals surface area contributed by atoms with Crippen molar-refractivity contribution in [1.29, 1.82) is 0 Å². The topological polar surface area (TPSA) is 46.2 Å². The molecule has 0 bridgehead atoms. The van der Waals surface area contributed by atoms with Gasteiger partial charge in [0.25, 0.3) is 0 Å². The molecule has 1 aromatic carbocycles. The molecular formula is C16H25NO2S. The Bertz CT molecular complexity index is 534. The largest absolute Gasteiger partial charge is 0.305 e. The molecule has 2 unspecified atom stereocenters. The molecule has 1 heterocycles. The Morgan fingerprint density at radius 3 is 2.40 bits per heavy atom. The van der Waals surface area contributed by atoms with Crippen LogP contribution in [0.25, 0.3) is 0 Å². The smallest absolute Gasteiger partial charge is 0.153 e. The maximum Gasteiger partial charge on any atom is 0.153 e. The van der Waals surface area contributed by atoms with Crippen LogP contribution in [0.5, 0.6) is 0 Å². The van der Waals surface area contributed by atoms with Gasteiger partial charge in [-0.15, -0.1) is 0 Å². The van der Waals surface area contributed by atoms with E-state index in [2.05, 4.69) is 43.4 Å². The third-order valence-electron chi connectivity index (χ3n) is 3.83. The highest BCUT2D eigenvalue weighted by atomic mass is 32.2. The van der Waals surface area contributed by atoms with Crippen molar-refractivity contribution in [2.45, 2.75) is 45.7 Å². The van der Waals surface area contributed by atoms with E-state index in [-0.39, 0.29) is 23.6 Å². The van der Waals surface area contributed by atoms with Crippen molar-refractivity contribution in [2.75, 3.05) is 11.5 Å². The summed E-state index contributed by atoms with van der Waals surface area (Å²) in [4.78, 5) is 0. The first-order valence-corrected chi connectivity index (χ1v) is 9.27. The Balaban J connectivity index is 2.14. The van der Waals surface area contributed by atoms with Crippen molar-refractivity contribution in [3.63, 3.8) is 0 Å². The maximum absolute atomic E-state index is 12.0. The summed E-state index contributed by atoms with van der Waals surface area (Å²) in [5.41, 5.74) is 2.40. The lowest BCUT2D eigenvalue weighted by Crippen LogP contribution is -2.46. The van der Waals surface area contributed by atoms with Gasteiger partial charge in [0.1, 0.15) is 0 Å². The number of sulfone groups is 1. The number of hydrogen-bond acceptors (Lipinski definition) is 3. The van der Waals surface area contributed by atoms with E-state index < -0.39 is 9.84 Å².